The van der Waals surface area contributed by atoms with Gasteiger partial charge in [0, 0.05) is 31.9 Å². The molecule has 1 heterocycles. The predicted octanol–water partition coefficient (Wildman–Crippen LogP) is 4.54. The largest absolute Gasteiger partial charge is 0.528 e. The number of nitrogens with zero attached hydrogens (tertiary/aromatic N) is 3. The second-order valence-electron chi connectivity index (χ2n) is 9.69. The van der Waals surface area contributed by atoms with Gasteiger partial charge in [-0.3, -0.25) is 4.79 Å². The van der Waals surface area contributed by atoms with Crippen molar-refractivity contribution >= 4 is 17.7 Å². The molecule has 3 rings (SSSR count). The molecule has 11 heteroatoms. The summed E-state index contributed by atoms with van der Waals surface area (Å²) in [4.78, 5) is 33.8. The third-order valence-electron chi connectivity index (χ3n) is 6.06. The number of anilines is 1. The number of amides is 1. The Morgan fingerprint density at radius 3 is 2.50 bits per heavy atom. The molecule has 38 heavy (non-hydrogen) atoms. The first-order chi connectivity index (χ1) is 17.9. The molecule has 1 aliphatic rings. The fourth-order valence-corrected chi connectivity index (χ4v) is 4.15. The van der Waals surface area contributed by atoms with Crippen molar-refractivity contribution in [3.8, 4) is 0 Å². The quantitative estimate of drug-likeness (QED) is 0.447. The van der Waals surface area contributed by atoms with Gasteiger partial charge in [-0.2, -0.15) is 13.2 Å². The van der Waals surface area contributed by atoms with Gasteiger partial charge in [0.25, 0.3) is 0 Å². The molecule has 2 aromatic carbocycles. The van der Waals surface area contributed by atoms with Crippen LogP contribution >= 0.6 is 0 Å². The molecule has 0 aliphatic carbocycles. The Balaban J connectivity index is 1.72. The van der Waals surface area contributed by atoms with Crippen molar-refractivity contribution in [3.05, 3.63) is 64.7 Å². The maximum atomic E-state index is 13.5. The number of ether oxygens (including phenoxy) is 1. The summed E-state index contributed by atoms with van der Waals surface area (Å²) in [5.74, 6) is -0.328. The van der Waals surface area contributed by atoms with Crippen molar-refractivity contribution in [2.75, 3.05) is 45.6 Å². The van der Waals surface area contributed by atoms with Crippen LogP contribution in [0.3, 0.4) is 0 Å². The Hall–Kier alpha value is -3.31. The summed E-state index contributed by atoms with van der Waals surface area (Å²) >= 11 is 0. The fourth-order valence-electron chi connectivity index (χ4n) is 4.15. The lowest BCUT2D eigenvalue weighted by molar-refractivity contribution is -0.142. The number of hydroxylamine groups is 2. The Labute approximate surface area is 221 Å². The van der Waals surface area contributed by atoms with Gasteiger partial charge >= 0.3 is 12.3 Å². The molecule has 0 bridgehead atoms. The molecule has 1 aliphatic heterocycles. The summed E-state index contributed by atoms with van der Waals surface area (Å²) in [5.41, 5.74) is 1.94. The first-order valence-electron chi connectivity index (χ1n) is 12.5. The van der Waals surface area contributed by atoms with Crippen molar-refractivity contribution in [3.63, 3.8) is 0 Å². The highest BCUT2D eigenvalue weighted by Gasteiger charge is 2.33. The minimum atomic E-state index is -4.51. The highest BCUT2D eigenvalue weighted by molar-refractivity contribution is 5.81. The first kappa shape index (κ1) is 29.2. The van der Waals surface area contributed by atoms with Gasteiger partial charge in [-0.25, -0.2) is 4.79 Å². The number of rotatable bonds is 10. The molecule has 0 atom stereocenters. The molecule has 0 fully saturated rings. The highest BCUT2D eigenvalue weighted by atomic mass is 19.4. The van der Waals surface area contributed by atoms with E-state index in [9.17, 15) is 22.8 Å². The molecule has 0 spiro atoms. The zero-order valence-electron chi connectivity index (χ0n) is 22.2. The number of likely N-dealkylation sites (N-methyl/N-ethyl adjacent to an activating group) is 1. The molecule has 8 nitrogen and oxygen atoms in total. The smallest absolute Gasteiger partial charge is 0.430 e. The predicted molar refractivity (Wildman–Crippen MR) is 137 cm³/mol. The topological polar surface area (TPSA) is 74.3 Å². The summed E-state index contributed by atoms with van der Waals surface area (Å²) in [7, 11) is 3.68. The van der Waals surface area contributed by atoms with E-state index in [0.29, 0.717) is 31.7 Å². The van der Waals surface area contributed by atoms with E-state index in [0.717, 1.165) is 17.2 Å². The minimum absolute atomic E-state index is 0.0465. The summed E-state index contributed by atoms with van der Waals surface area (Å²) in [6.07, 6.45) is -4.96. The number of carbonyl (C=O) groups excluding carboxylic acids is 2. The monoisotopic (exact) mass is 536 g/mol. The van der Waals surface area contributed by atoms with E-state index in [2.05, 4.69) is 5.32 Å². The minimum Gasteiger partial charge on any atom is -0.430 e. The summed E-state index contributed by atoms with van der Waals surface area (Å²) in [5, 5.41) is 4.66. The molecule has 0 aromatic heterocycles. The molecule has 0 unspecified atom stereocenters. The zero-order chi connectivity index (χ0) is 27.9. The second kappa shape index (κ2) is 13.0. The Kier molecular flexibility index (Phi) is 9.98. The van der Waals surface area contributed by atoms with E-state index in [1.54, 1.807) is 19.9 Å². The van der Waals surface area contributed by atoms with Crippen LogP contribution in [-0.4, -0.2) is 73.3 Å². The molecule has 1 N–H and O–H groups in total. The zero-order valence-corrected chi connectivity index (χ0v) is 22.2. The van der Waals surface area contributed by atoms with E-state index in [-0.39, 0.29) is 37.2 Å². The van der Waals surface area contributed by atoms with Gasteiger partial charge in [-0.05, 0) is 63.2 Å². The Morgan fingerprint density at radius 2 is 1.82 bits per heavy atom. The number of hydrogen-bond donors (Lipinski definition) is 1. The van der Waals surface area contributed by atoms with Crippen LogP contribution in [-0.2, 0) is 40.1 Å². The van der Waals surface area contributed by atoms with E-state index < -0.39 is 17.9 Å². The molecule has 0 saturated heterocycles. The van der Waals surface area contributed by atoms with Crippen molar-refractivity contribution in [1.82, 2.24) is 14.9 Å². The number of benzene rings is 2. The van der Waals surface area contributed by atoms with Gasteiger partial charge in [0.05, 0.1) is 24.8 Å². The normalized spacial score (nSPS) is 13.8. The summed E-state index contributed by atoms with van der Waals surface area (Å²) in [6, 6.07) is 11.0. The third kappa shape index (κ3) is 8.35. The molecular weight excluding hydrogens is 501 g/mol. The van der Waals surface area contributed by atoms with Crippen LogP contribution in [0.4, 0.5) is 23.7 Å². The van der Waals surface area contributed by atoms with Crippen molar-refractivity contribution < 1.29 is 32.3 Å². The molecule has 2 aromatic rings. The lowest BCUT2D eigenvalue weighted by Gasteiger charge is -2.29. The standard InChI is InChI=1S/C27H35F3N4O4/c1-19(2)37-26(36)38-34-13-12-20-9-7-11-24(22(20)18-34)31-16-25(35)33(15-14-32(3)4)17-21-8-5-6-10-23(21)27(28,29)30/h5-11,19,31H,12-18H2,1-4H3. The molecule has 0 radical (unpaired) electrons. The second-order valence-corrected chi connectivity index (χ2v) is 9.69. The van der Waals surface area contributed by atoms with Crippen molar-refractivity contribution in [1.29, 1.82) is 0 Å². The maximum absolute atomic E-state index is 13.5. The average Bonchev–Trinajstić information content (AvgIpc) is 2.84. The maximum Gasteiger partial charge on any atom is 0.528 e. The number of nitrogens with one attached hydrogen (secondary N) is 1. The molecule has 208 valence electrons. The van der Waals surface area contributed by atoms with Gasteiger partial charge in [-0.15, -0.1) is 5.06 Å². The van der Waals surface area contributed by atoms with Gasteiger partial charge in [-0.1, -0.05) is 30.3 Å². The first-order valence-corrected chi connectivity index (χ1v) is 12.5. The van der Waals surface area contributed by atoms with Crippen LogP contribution in [0.1, 0.15) is 36.1 Å². The van der Waals surface area contributed by atoms with Gasteiger partial charge in [0.1, 0.15) is 0 Å². The van der Waals surface area contributed by atoms with Crippen LogP contribution in [0.25, 0.3) is 0 Å². The molecule has 0 saturated carbocycles. The number of carbonyl (C=O) groups is 2. The van der Waals surface area contributed by atoms with E-state index in [4.69, 9.17) is 9.57 Å². The van der Waals surface area contributed by atoms with Crippen LogP contribution < -0.4 is 5.32 Å². The molecular formula is C27H35F3N4O4. The number of fused-ring (bicyclic) bond motifs is 1. The van der Waals surface area contributed by atoms with Gasteiger partial charge in [0.15, 0.2) is 0 Å². The SMILES string of the molecule is CC(C)OC(=O)ON1CCc2cccc(NCC(=O)N(CCN(C)C)Cc3ccccc3C(F)(F)F)c2C1. The Bertz CT molecular complexity index is 1110. The number of hydrogen-bond acceptors (Lipinski definition) is 7. The van der Waals surface area contributed by atoms with E-state index in [1.807, 2.05) is 37.2 Å². The van der Waals surface area contributed by atoms with Crippen LogP contribution in [0.2, 0.25) is 0 Å². The van der Waals surface area contributed by atoms with Gasteiger partial charge in [0.2, 0.25) is 5.91 Å². The van der Waals surface area contributed by atoms with Gasteiger partial charge < -0.3 is 24.7 Å². The lowest BCUT2D eigenvalue weighted by atomic mass is 9.99. The average molecular weight is 537 g/mol. The fraction of sp³-hybridized carbons (Fsp3) is 0.481. The summed E-state index contributed by atoms with van der Waals surface area (Å²) < 4.78 is 45.7. The van der Waals surface area contributed by atoms with Crippen molar-refractivity contribution in [2.24, 2.45) is 0 Å². The van der Waals surface area contributed by atoms with Crippen LogP contribution in [0.15, 0.2) is 42.5 Å². The summed E-state index contributed by atoms with van der Waals surface area (Å²) in [6.45, 7) is 4.78. The van der Waals surface area contributed by atoms with Crippen molar-refractivity contribution in [2.45, 2.75) is 45.6 Å². The van der Waals surface area contributed by atoms with E-state index >= 15 is 0 Å². The Morgan fingerprint density at radius 1 is 1.08 bits per heavy atom. The van der Waals surface area contributed by atoms with Crippen LogP contribution in [0.5, 0.6) is 0 Å². The lowest BCUT2D eigenvalue weighted by Crippen LogP contribution is -2.40. The molecule has 1 amide bonds. The van der Waals surface area contributed by atoms with E-state index in [1.165, 1.54) is 22.1 Å². The van der Waals surface area contributed by atoms with Crippen LogP contribution in [0, 0.1) is 0 Å². The third-order valence-corrected chi connectivity index (χ3v) is 6.06. The number of alkyl halides is 3. The highest BCUT2D eigenvalue weighted by Crippen LogP contribution is 2.32. The number of halogens is 3.